The molecule has 4 heteroatoms. The Labute approximate surface area is 119 Å². The Kier molecular flexibility index (Phi) is 4.77. The number of carboxylic acid groups (broad SMARTS) is 1. The quantitative estimate of drug-likeness (QED) is 0.902. The molecular weight excluding hydrogens is 254 g/mol. The van der Waals surface area contributed by atoms with Crippen LogP contribution in [0.3, 0.4) is 0 Å². The number of benzene rings is 1. The van der Waals surface area contributed by atoms with Gasteiger partial charge in [-0.2, -0.15) is 0 Å². The molecule has 1 aliphatic carbocycles. The third-order valence-electron chi connectivity index (χ3n) is 4.06. The Morgan fingerprint density at radius 2 is 1.75 bits per heavy atom. The Balaban J connectivity index is 2.01. The van der Waals surface area contributed by atoms with Gasteiger partial charge in [0.25, 0.3) is 0 Å². The highest BCUT2D eigenvalue weighted by Gasteiger charge is 2.32. The van der Waals surface area contributed by atoms with Gasteiger partial charge in [-0.05, 0) is 25.3 Å². The van der Waals surface area contributed by atoms with E-state index in [0.717, 1.165) is 18.4 Å². The minimum atomic E-state index is -1.10. The van der Waals surface area contributed by atoms with Gasteiger partial charge in [-0.1, -0.05) is 43.2 Å². The summed E-state index contributed by atoms with van der Waals surface area (Å²) in [6.07, 6.45) is 2.93. The first-order valence-electron chi connectivity index (χ1n) is 7.15. The number of hydrogen-bond acceptors (Lipinski definition) is 3. The monoisotopic (exact) mass is 274 g/mol. The molecule has 0 aliphatic heterocycles. The Hall–Kier alpha value is -1.84. The van der Waals surface area contributed by atoms with Crippen molar-refractivity contribution in [3.8, 4) is 0 Å². The maximum absolute atomic E-state index is 12.3. The molecule has 1 aromatic rings. The minimum Gasteiger partial charge on any atom is -0.550 e. The van der Waals surface area contributed by atoms with Crippen molar-refractivity contribution in [3.05, 3.63) is 35.9 Å². The largest absolute Gasteiger partial charge is 0.550 e. The van der Waals surface area contributed by atoms with Crippen LogP contribution in [-0.4, -0.2) is 11.9 Å². The number of aliphatic carboxylic acids is 1. The lowest BCUT2D eigenvalue weighted by Crippen LogP contribution is -2.45. The summed E-state index contributed by atoms with van der Waals surface area (Å²) in [4.78, 5) is 23.4. The van der Waals surface area contributed by atoms with Crippen LogP contribution >= 0.6 is 0 Å². The highest BCUT2D eigenvalue weighted by Crippen LogP contribution is 2.30. The second-order valence-corrected chi connectivity index (χ2v) is 5.46. The first-order valence-corrected chi connectivity index (χ1v) is 7.15. The lowest BCUT2D eigenvalue weighted by Gasteiger charge is -2.32. The molecule has 1 N–H and O–H groups in total. The number of nitrogens with one attached hydrogen (secondary N) is 1. The van der Waals surface area contributed by atoms with Crippen LogP contribution in [0, 0.1) is 11.8 Å². The Morgan fingerprint density at radius 3 is 2.35 bits per heavy atom. The van der Waals surface area contributed by atoms with E-state index in [-0.39, 0.29) is 11.9 Å². The van der Waals surface area contributed by atoms with Gasteiger partial charge in [0.1, 0.15) is 0 Å². The van der Waals surface area contributed by atoms with Gasteiger partial charge in [-0.25, -0.2) is 0 Å². The molecule has 0 aromatic heterocycles. The summed E-state index contributed by atoms with van der Waals surface area (Å²) >= 11 is 0. The van der Waals surface area contributed by atoms with Crippen molar-refractivity contribution in [2.45, 2.75) is 38.6 Å². The smallest absolute Gasteiger partial charge is 0.224 e. The molecule has 2 rings (SSSR count). The fraction of sp³-hybridized carbons (Fsp3) is 0.500. The van der Waals surface area contributed by atoms with Gasteiger partial charge in [-0.3, -0.25) is 4.79 Å². The second kappa shape index (κ2) is 6.55. The SMILES string of the molecule is C[C@H](NC(=O)[C@@H]1CCCC[C@H]1C(=O)[O-])c1ccccc1. The molecule has 1 saturated carbocycles. The first kappa shape index (κ1) is 14.6. The normalized spacial score (nSPS) is 23.9. The second-order valence-electron chi connectivity index (χ2n) is 5.46. The molecule has 1 aromatic carbocycles. The molecule has 1 aliphatic rings. The van der Waals surface area contributed by atoms with Crippen LogP contribution < -0.4 is 10.4 Å². The fourth-order valence-corrected chi connectivity index (χ4v) is 2.87. The molecule has 0 unspecified atom stereocenters. The van der Waals surface area contributed by atoms with Crippen molar-refractivity contribution in [2.75, 3.05) is 0 Å². The molecular formula is C16H20NO3-. The summed E-state index contributed by atoms with van der Waals surface area (Å²) in [5.74, 6) is -2.38. The number of carbonyl (C=O) groups is 2. The van der Waals surface area contributed by atoms with E-state index in [4.69, 9.17) is 0 Å². The Bertz CT molecular complexity index is 472. The summed E-state index contributed by atoms with van der Waals surface area (Å²) in [5, 5.41) is 14.1. The van der Waals surface area contributed by atoms with Crippen LogP contribution in [0.5, 0.6) is 0 Å². The zero-order chi connectivity index (χ0) is 14.5. The fourth-order valence-electron chi connectivity index (χ4n) is 2.87. The van der Waals surface area contributed by atoms with E-state index in [9.17, 15) is 14.7 Å². The number of carboxylic acids is 1. The van der Waals surface area contributed by atoms with Gasteiger partial charge in [0, 0.05) is 17.8 Å². The molecule has 0 saturated heterocycles. The first-order chi connectivity index (χ1) is 9.59. The highest BCUT2D eigenvalue weighted by atomic mass is 16.4. The van der Waals surface area contributed by atoms with E-state index in [1.54, 1.807) is 0 Å². The summed E-state index contributed by atoms with van der Waals surface area (Å²) in [7, 11) is 0. The van der Waals surface area contributed by atoms with Crippen LogP contribution in [0.15, 0.2) is 30.3 Å². The Morgan fingerprint density at radius 1 is 1.15 bits per heavy atom. The number of amides is 1. The molecule has 0 spiro atoms. The highest BCUT2D eigenvalue weighted by molar-refractivity contribution is 5.84. The predicted octanol–water partition coefficient (Wildman–Crippen LogP) is 1.42. The standard InChI is InChI=1S/C16H21NO3/c1-11(12-7-3-2-4-8-12)17-15(18)13-9-5-6-10-14(13)16(19)20/h2-4,7-8,11,13-14H,5-6,9-10H2,1H3,(H,17,18)(H,19,20)/p-1/t11-,13+,14+/m0/s1. The molecule has 108 valence electrons. The molecule has 0 radical (unpaired) electrons. The van der Waals surface area contributed by atoms with E-state index in [2.05, 4.69) is 5.32 Å². The minimum absolute atomic E-state index is 0.118. The summed E-state index contributed by atoms with van der Waals surface area (Å²) in [6.45, 7) is 1.91. The molecule has 3 atom stereocenters. The third kappa shape index (κ3) is 3.38. The van der Waals surface area contributed by atoms with E-state index < -0.39 is 17.8 Å². The zero-order valence-electron chi connectivity index (χ0n) is 11.7. The van der Waals surface area contributed by atoms with Crippen molar-refractivity contribution < 1.29 is 14.7 Å². The van der Waals surface area contributed by atoms with Crippen LogP contribution in [0.4, 0.5) is 0 Å². The molecule has 0 bridgehead atoms. The maximum atomic E-state index is 12.3. The zero-order valence-corrected chi connectivity index (χ0v) is 11.7. The molecule has 1 fully saturated rings. The van der Waals surface area contributed by atoms with Crippen molar-refractivity contribution in [3.63, 3.8) is 0 Å². The predicted molar refractivity (Wildman–Crippen MR) is 73.5 cm³/mol. The van der Waals surface area contributed by atoms with E-state index in [0.29, 0.717) is 12.8 Å². The molecule has 4 nitrogen and oxygen atoms in total. The molecule has 20 heavy (non-hydrogen) atoms. The molecule has 1 amide bonds. The van der Waals surface area contributed by atoms with Crippen molar-refractivity contribution in [1.82, 2.24) is 5.32 Å². The van der Waals surface area contributed by atoms with Gasteiger partial charge in [0.15, 0.2) is 0 Å². The number of carbonyl (C=O) groups excluding carboxylic acids is 2. The van der Waals surface area contributed by atoms with Gasteiger partial charge < -0.3 is 15.2 Å². The summed E-state index contributed by atoms with van der Waals surface area (Å²) < 4.78 is 0. The van der Waals surface area contributed by atoms with Gasteiger partial charge in [-0.15, -0.1) is 0 Å². The van der Waals surface area contributed by atoms with Crippen LogP contribution in [0.1, 0.15) is 44.2 Å². The number of rotatable bonds is 4. The topological polar surface area (TPSA) is 69.2 Å². The average molecular weight is 274 g/mol. The van der Waals surface area contributed by atoms with Gasteiger partial charge in [0.05, 0.1) is 6.04 Å². The van der Waals surface area contributed by atoms with Gasteiger partial charge >= 0.3 is 0 Å². The van der Waals surface area contributed by atoms with Crippen molar-refractivity contribution in [2.24, 2.45) is 11.8 Å². The van der Waals surface area contributed by atoms with E-state index in [1.165, 1.54) is 0 Å². The average Bonchev–Trinajstić information content (AvgIpc) is 2.48. The van der Waals surface area contributed by atoms with Crippen molar-refractivity contribution >= 4 is 11.9 Å². The molecule has 0 heterocycles. The third-order valence-corrected chi connectivity index (χ3v) is 4.06. The lowest BCUT2D eigenvalue weighted by atomic mass is 9.78. The van der Waals surface area contributed by atoms with Crippen LogP contribution in [0.25, 0.3) is 0 Å². The van der Waals surface area contributed by atoms with Gasteiger partial charge in [0.2, 0.25) is 5.91 Å². The van der Waals surface area contributed by atoms with Crippen molar-refractivity contribution in [1.29, 1.82) is 0 Å². The van der Waals surface area contributed by atoms with Crippen LogP contribution in [0.2, 0.25) is 0 Å². The number of hydrogen-bond donors (Lipinski definition) is 1. The maximum Gasteiger partial charge on any atom is 0.224 e. The van der Waals surface area contributed by atoms with E-state index in [1.807, 2.05) is 37.3 Å². The van der Waals surface area contributed by atoms with Crippen LogP contribution in [-0.2, 0) is 9.59 Å². The summed E-state index contributed by atoms with van der Waals surface area (Å²) in [5.41, 5.74) is 1.02. The lowest BCUT2D eigenvalue weighted by molar-refractivity contribution is -0.314. The van der Waals surface area contributed by atoms with E-state index >= 15 is 0 Å². The summed E-state index contributed by atoms with van der Waals surface area (Å²) in [6, 6.07) is 9.54.